The summed E-state index contributed by atoms with van der Waals surface area (Å²) in [7, 11) is 0. The molecule has 3 heterocycles. The van der Waals surface area contributed by atoms with E-state index in [4.69, 9.17) is 4.74 Å². The molecule has 4 rings (SSSR count). The molecule has 206 valence electrons. The van der Waals surface area contributed by atoms with Crippen LogP contribution in [0.3, 0.4) is 0 Å². The highest BCUT2D eigenvalue weighted by molar-refractivity contribution is 5.90. The number of benzene rings is 1. The zero-order chi connectivity index (χ0) is 26.4. The third kappa shape index (κ3) is 7.08. The van der Waals surface area contributed by atoms with E-state index in [9.17, 15) is 18.4 Å². The fraction of sp³-hybridized carbons (Fsp3) is 0.724. The molecule has 0 bridgehead atoms. The van der Waals surface area contributed by atoms with Crippen LogP contribution in [0.15, 0.2) is 18.2 Å². The van der Waals surface area contributed by atoms with E-state index in [2.05, 4.69) is 24.1 Å². The molecule has 0 unspecified atom stereocenters. The number of fused-ring (bicyclic) bond motifs is 1. The molecule has 37 heavy (non-hydrogen) atoms. The smallest absolute Gasteiger partial charge is 0.245 e. The summed E-state index contributed by atoms with van der Waals surface area (Å²) in [5, 5.41) is 3.21. The van der Waals surface area contributed by atoms with Gasteiger partial charge in [-0.1, -0.05) is 32.8 Å². The van der Waals surface area contributed by atoms with E-state index in [0.717, 1.165) is 51.1 Å². The van der Waals surface area contributed by atoms with Crippen LogP contribution in [0.1, 0.15) is 77.2 Å². The maximum absolute atomic E-state index is 14.2. The van der Waals surface area contributed by atoms with Gasteiger partial charge in [0.05, 0.1) is 18.1 Å². The van der Waals surface area contributed by atoms with Crippen LogP contribution in [0.2, 0.25) is 0 Å². The monoisotopic (exact) mass is 519 g/mol. The first kappa shape index (κ1) is 28.0. The van der Waals surface area contributed by atoms with E-state index >= 15 is 0 Å². The lowest BCUT2D eigenvalue weighted by Gasteiger charge is -2.42. The number of hydrogen-bond donors (Lipinski definition) is 1. The van der Waals surface area contributed by atoms with Gasteiger partial charge in [0.1, 0.15) is 17.7 Å². The number of rotatable bonds is 4. The fourth-order valence-corrected chi connectivity index (χ4v) is 6.19. The number of carbonyl (C=O) groups is 2. The van der Waals surface area contributed by atoms with Crippen molar-refractivity contribution in [2.45, 2.75) is 90.3 Å². The zero-order valence-electron chi connectivity index (χ0n) is 22.4. The lowest BCUT2D eigenvalue weighted by Crippen LogP contribution is -2.56. The van der Waals surface area contributed by atoms with Crippen molar-refractivity contribution < 1.29 is 23.1 Å². The summed E-state index contributed by atoms with van der Waals surface area (Å²) in [6.45, 7) is 7.85. The maximum Gasteiger partial charge on any atom is 0.245 e. The zero-order valence-corrected chi connectivity index (χ0v) is 22.4. The molecule has 1 aromatic carbocycles. The van der Waals surface area contributed by atoms with Gasteiger partial charge >= 0.3 is 0 Å². The van der Waals surface area contributed by atoms with Crippen molar-refractivity contribution >= 4 is 11.8 Å². The number of hydrogen-bond acceptors (Lipinski definition) is 4. The first-order valence-corrected chi connectivity index (χ1v) is 14.1. The van der Waals surface area contributed by atoms with Crippen molar-refractivity contribution in [3.05, 3.63) is 35.4 Å². The molecule has 2 amide bonds. The van der Waals surface area contributed by atoms with Crippen LogP contribution < -0.4 is 5.32 Å². The highest BCUT2D eigenvalue weighted by Crippen LogP contribution is 2.38. The molecule has 3 aliphatic rings. The van der Waals surface area contributed by atoms with E-state index < -0.39 is 23.1 Å². The van der Waals surface area contributed by atoms with Crippen LogP contribution in [0.25, 0.3) is 0 Å². The molecule has 1 spiro atoms. The van der Waals surface area contributed by atoms with Gasteiger partial charge in [-0.2, -0.15) is 0 Å². The minimum Gasteiger partial charge on any atom is -0.379 e. The van der Waals surface area contributed by atoms with E-state index in [0.29, 0.717) is 57.7 Å². The minimum absolute atomic E-state index is 0.0110. The summed E-state index contributed by atoms with van der Waals surface area (Å²) in [5.41, 5.74) is -0.0708. The van der Waals surface area contributed by atoms with Gasteiger partial charge in [0.25, 0.3) is 0 Å². The number of ether oxygens (including phenoxy) is 1. The molecular weight excluding hydrogens is 476 g/mol. The predicted molar refractivity (Wildman–Crippen MR) is 139 cm³/mol. The number of halogens is 2. The summed E-state index contributed by atoms with van der Waals surface area (Å²) in [6, 6.07) is 3.27. The first-order chi connectivity index (χ1) is 17.8. The molecule has 1 aromatic rings. The van der Waals surface area contributed by atoms with E-state index in [1.165, 1.54) is 12.1 Å². The van der Waals surface area contributed by atoms with Gasteiger partial charge in [-0.25, -0.2) is 8.78 Å². The molecule has 0 saturated carbocycles. The van der Waals surface area contributed by atoms with Crippen LogP contribution >= 0.6 is 0 Å². The van der Waals surface area contributed by atoms with Crippen molar-refractivity contribution in [1.29, 1.82) is 0 Å². The fourth-order valence-electron chi connectivity index (χ4n) is 6.19. The van der Waals surface area contributed by atoms with E-state index in [1.54, 1.807) is 0 Å². The number of piperidine rings is 1. The molecule has 0 radical (unpaired) electrons. The van der Waals surface area contributed by atoms with Crippen molar-refractivity contribution in [3.8, 4) is 0 Å². The number of carbonyl (C=O) groups excluding carboxylic acids is 2. The second-order valence-corrected chi connectivity index (χ2v) is 11.7. The van der Waals surface area contributed by atoms with Crippen LogP contribution in [0.4, 0.5) is 8.78 Å². The van der Waals surface area contributed by atoms with Gasteiger partial charge in [-0.15, -0.1) is 0 Å². The Balaban J connectivity index is 1.49. The molecule has 0 aliphatic carbocycles. The molecule has 6 nitrogen and oxygen atoms in total. The number of amides is 2. The number of nitrogens with zero attached hydrogens (tertiary/aromatic N) is 2. The van der Waals surface area contributed by atoms with Crippen molar-refractivity contribution in [2.24, 2.45) is 11.3 Å². The number of likely N-dealkylation sites (tertiary alicyclic amines) is 1. The average molecular weight is 520 g/mol. The Morgan fingerprint density at radius 1 is 1.05 bits per heavy atom. The Bertz CT molecular complexity index is 933. The predicted octanol–water partition coefficient (Wildman–Crippen LogP) is 4.66. The highest BCUT2D eigenvalue weighted by atomic mass is 19.1. The van der Waals surface area contributed by atoms with Gasteiger partial charge in [0, 0.05) is 31.3 Å². The first-order valence-electron chi connectivity index (χ1n) is 14.1. The van der Waals surface area contributed by atoms with Gasteiger partial charge in [0.15, 0.2) is 0 Å². The van der Waals surface area contributed by atoms with Gasteiger partial charge in [-0.3, -0.25) is 14.5 Å². The Morgan fingerprint density at radius 3 is 2.57 bits per heavy atom. The quantitative estimate of drug-likeness (QED) is 0.629. The van der Waals surface area contributed by atoms with Gasteiger partial charge in [-0.05, 0) is 70.0 Å². The molecular formula is C29H43F2N3O3. The lowest BCUT2D eigenvalue weighted by molar-refractivity contribution is -0.143. The maximum atomic E-state index is 14.2. The van der Waals surface area contributed by atoms with Crippen LogP contribution in [0.5, 0.6) is 0 Å². The second-order valence-electron chi connectivity index (χ2n) is 11.7. The largest absolute Gasteiger partial charge is 0.379 e. The summed E-state index contributed by atoms with van der Waals surface area (Å²) >= 11 is 0. The Labute approximate surface area is 220 Å². The van der Waals surface area contributed by atoms with Crippen LogP contribution in [0, 0.1) is 23.0 Å². The summed E-state index contributed by atoms with van der Waals surface area (Å²) in [4.78, 5) is 31.6. The van der Waals surface area contributed by atoms with E-state index in [1.807, 2.05) is 4.90 Å². The van der Waals surface area contributed by atoms with Crippen LogP contribution in [-0.2, 0) is 20.9 Å². The van der Waals surface area contributed by atoms with Crippen molar-refractivity contribution in [2.75, 3.05) is 32.8 Å². The summed E-state index contributed by atoms with van der Waals surface area (Å²) in [5.74, 6) is -0.832. The Morgan fingerprint density at radius 2 is 1.84 bits per heavy atom. The molecule has 3 aliphatic heterocycles. The highest BCUT2D eigenvalue weighted by Gasteiger charge is 2.43. The third-order valence-corrected chi connectivity index (χ3v) is 8.43. The topological polar surface area (TPSA) is 61.9 Å². The Kier molecular flexibility index (Phi) is 9.57. The van der Waals surface area contributed by atoms with E-state index in [-0.39, 0.29) is 23.8 Å². The average Bonchev–Trinajstić information content (AvgIpc) is 3.33. The van der Waals surface area contributed by atoms with Crippen molar-refractivity contribution in [3.63, 3.8) is 0 Å². The normalized spacial score (nSPS) is 26.2. The lowest BCUT2D eigenvalue weighted by atomic mass is 9.73. The molecule has 8 heteroatoms. The Hall–Kier alpha value is -2.06. The molecule has 1 N–H and O–H groups in total. The van der Waals surface area contributed by atoms with Gasteiger partial charge < -0.3 is 15.0 Å². The molecule has 0 aromatic heterocycles. The number of nitrogens with one attached hydrogen (secondary N) is 1. The van der Waals surface area contributed by atoms with Crippen LogP contribution in [-0.4, -0.2) is 66.5 Å². The second kappa shape index (κ2) is 12.7. The third-order valence-electron chi connectivity index (χ3n) is 8.43. The SMILES string of the molecule is CC(C)C[C@@H]1NC(=O)C2(CCCCCOC[C@@H]3CCCN3C1=O)CCN(Cc1ccc(F)cc1F)CC2. The standard InChI is InChI=1S/C29H43F2N3O3/c1-21(2)17-26-27(35)34-13-6-7-24(34)20-37-16-5-3-4-10-29(28(36)32-26)11-14-33(15-12-29)19-22-8-9-23(30)18-25(22)31/h8-9,18,21,24,26H,3-7,10-17,19-20H2,1-2H3,(H,32,36)/t24-,26-/m0/s1. The van der Waals surface area contributed by atoms with Crippen molar-refractivity contribution in [1.82, 2.24) is 15.1 Å². The summed E-state index contributed by atoms with van der Waals surface area (Å²) in [6.07, 6.45) is 7.50. The minimum atomic E-state index is -0.577. The summed E-state index contributed by atoms with van der Waals surface area (Å²) < 4.78 is 33.5. The molecule has 3 saturated heterocycles. The molecule has 2 atom stereocenters. The van der Waals surface area contributed by atoms with Gasteiger partial charge in [0.2, 0.25) is 11.8 Å². The molecule has 3 fully saturated rings.